The first-order valence-electron chi connectivity index (χ1n) is 6.55. The summed E-state index contributed by atoms with van der Waals surface area (Å²) in [5, 5.41) is 1.18. The fraction of sp³-hybridized carbons (Fsp3) is 0.176. The molecule has 0 radical (unpaired) electrons. The molecular weight excluding hydrogens is 232 g/mol. The van der Waals surface area contributed by atoms with Gasteiger partial charge in [-0.1, -0.05) is 32.0 Å². The number of hydrogen-bond acceptors (Lipinski definition) is 2. The zero-order chi connectivity index (χ0) is 13.2. The molecule has 0 aliphatic heterocycles. The van der Waals surface area contributed by atoms with Crippen molar-refractivity contribution in [3.8, 4) is 11.1 Å². The Kier molecular flexibility index (Phi) is 3.00. The van der Waals surface area contributed by atoms with E-state index in [1.807, 2.05) is 30.7 Å². The molecule has 0 saturated carbocycles. The fourth-order valence-electron chi connectivity index (χ4n) is 2.46. The molecule has 2 nitrogen and oxygen atoms in total. The van der Waals surface area contributed by atoms with Gasteiger partial charge in [0, 0.05) is 29.5 Å². The van der Waals surface area contributed by atoms with Crippen LogP contribution in [0.5, 0.6) is 0 Å². The van der Waals surface area contributed by atoms with Gasteiger partial charge < -0.3 is 0 Å². The molecule has 2 aromatic heterocycles. The largest absolute Gasteiger partial charge is 0.264 e. The molecule has 0 bridgehead atoms. The molecule has 2 heteroatoms. The van der Waals surface area contributed by atoms with Crippen LogP contribution in [0.1, 0.15) is 25.3 Å². The van der Waals surface area contributed by atoms with E-state index in [-0.39, 0.29) is 0 Å². The second-order valence-corrected chi connectivity index (χ2v) is 4.99. The topological polar surface area (TPSA) is 25.8 Å². The average Bonchev–Trinajstić information content (AvgIpc) is 2.46. The van der Waals surface area contributed by atoms with Gasteiger partial charge in [0.2, 0.25) is 0 Å². The van der Waals surface area contributed by atoms with E-state index in [1.165, 1.54) is 22.1 Å². The van der Waals surface area contributed by atoms with Crippen molar-refractivity contribution in [1.29, 1.82) is 0 Å². The van der Waals surface area contributed by atoms with Crippen molar-refractivity contribution >= 4 is 10.9 Å². The van der Waals surface area contributed by atoms with Gasteiger partial charge in [-0.15, -0.1) is 0 Å². The van der Waals surface area contributed by atoms with Gasteiger partial charge in [-0.3, -0.25) is 9.97 Å². The van der Waals surface area contributed by atoms with E-state index in [1.54, 1.807) is 0 Å². The Labute approximate surface area is 113 Å². The van der Waals surface area contributed by atoms with Gasteiger partial charge >= 0.3 is 0 Å². The number of pyridine rings is 2. The molecule has 0 unspecified atom stereocenters. The average molecular weight is 248 g/mol. The number of rotatable bonds is 2. The zero-order valence-electron chi connectivity index (χ0n) is 11.2. The van der Waals surface area contributed by atoms with Gasteiger partial charge in [-0.05, 0) is 35.2 Å². The zero-order valence-corrected chi connectivity index (χ0v) is 11.2. The number of para-hydroxylation sites is 1. The van der Waals surface area contributed by atoms with Crippen LogP contribution >= 0.6 is 0 Å². The number of aromatic nitrogens is 2. The van der Waals surface area contributed by atoms with Crippen LogP contribution in [0.15, 0.2) is 55.0 Å². The summed E-state index contributed by atoms with van der Waals surface area (Å²) in [5.41, 5.74) is 4.77. The first-order valence-corrected chi connectivity index (χ1v) is 6.55. The first-order chi connectivity index (χ1) is 9.27. The van der Waals surface area contributed by atoms with Gasteiger partial charge in [0.1, 0.15) is 0 Å². The van der Waals surface area contributed by atoms with Crippen LogP contribution in [0.3, 0.4) is 0 Å². The molecule has 1 aromatic carbocycles. The summed E-state index contributed by atoms with van der Waals surface area (Å²) >= 11 is 0. The van der Waals surface area contributed by atoms with E-state index in [2.05, 4.69) is 48.1 Å². The molecule has 0 aliphatic carbocycles. The summed E-state index contributed by atoms with van der Waals surface area (Å²) in [7, 11) is 0. The van der Waals surface area contributed by atoms with Crippen molar-refractivity contribution in [1.82, 2.24) is 9.97 Å². The van der Waals surface area contributed by atoms with Gasteiger partial charge in [0.25, 0.3) is 0 Å². The molecule has 3 aromatic rings. The molecule has 0 aliphatic rings. The fourth-order valence-corrected chi connectivity index (χ4v) is 2.46. The lowest BCUT2D eigenvalue weighted by atomic mass is 9.93. The van der Waals surface area contributed by atoms with Gasteiger partial charge in [0.05, 0.1) is 5.52 Å². The van der Waals surface area contributed by atoms with E-state index in [4.69, 9.17) is 0 Å². The number of benzene rings is 1. The first kappa shape index (κ1) is 11.8. The lowest BCUT2D eigenvalue weighted by molar-refractivity contribution is 0.866. The maximum Gasteiger partial charge on any atom is 0.0708 e. The number of hydrogen-bond donors (Lipinski definition) is 0. The molecule has 0 atom stereocenters. The maximum absolute atomic E-state index is 4.42. The molecule has 0 spiro atoms. The second kappa shape index (κ2) is 4.81. The number of fused-ring (bicyclic) bond motifs is 1. The smallest absolute Gasteiger partial charge is 0.0708 e. The minimum Gasteiger partial charge on any atom is -0.264 e. The Morgan fingerprint density at radius 3 is 2.58 bits per heavy atom. The van der Waals surface area contributed by atoms with Crippen LogP contribution in [0.2, 0.25) is 0 Å². The lowest BCUT2D eigenvalue weighted by Gasteiger charge is -2.13. The van der Waals surface area contributed by atoms with E-state index >= 15 is 0 Å². The van der Waals surface area contributed by atoms with Crippen molar-refractivity contribution < 1.29 is 0 Å². The summed E-state index contributed by atoms with van der Waals surface area (Å²) in [6, 6.07) is 12.4. The van der Waals surface area contributed by atoms with Gasteiger partial charge in [0.15, 0.2) is 0 Å². The van der Waals surface area contributed by atoms with Crippen molar-refractivity contribution in [3.63, 3.8) is 0 Å². The van der Waals surface area contributed by atoms with Gasteiger partial charge in [-0.25, -0.2) is 0 Å². The lowest BCUT2D eigenvalue weighted by Crippen LogP contribution is -1.94. The standard InChI is InChI=1S/C17H16N2/c1-12(2)13-7-9-18-11-16(13)14-8-10-19-17-6-4-3-5-15(14)17/h3-12H,1-2H3. The Morgan fingerprint density at radius 1 is 0.895 bits per heavy atom. The normalized spacial score (nSPS) is 11.1. The van der Waals surface area contributed by atoms with Crippen LogP contribution in [-0.4, -0.2) is 9.97 Å². The summed E-state index contributed by atoms with van der Waals surface area (Å²) in [4.78, 5) is 8.71. The summed E-state index contributed by atoms with van der Waals surface area (Å²) in [6.45, 7) is 4.42. The summed E-state index contributed by atoms with van der Waals surface area (Å²) in [6.07, 6.45) is 5.69. The molecule has 2 heterocycles. The third-order valence-electron chi connectivity index (χ3n) is 3.42. The predicted molar refractivity (Wildman–Crippen MR) is 79.1 cm³/mol. The predicted octanol–water partition coefficient (Wildman–Crippen LogP) is 4.42. The highest BCUT2D eigenvalue weighted by molar-refractivity contribution is 5.94. The van der Waals surface area contributed by atoms with E-state index < -0.39 is 0 Å². The van der Waals surface area contributed by atoms with E-state index in [9.17, 15) is 0 Å². The highest BCUT2D eigenvalue weighted by Gasteiger charge is 2.11. The second-order valence-electron chi connectivity index (χ2n) is 4.99. The maximum atomic E-state index is 4.42. The third kappa shape index (κ3) is 2.10. The molecule has 0 N–H and O–H groups in total. The molecule has 0 amide bonds. The summed E-state index contributed by atoms with van der Waals surface area (Å²) in [5.74, 6) is 0.477. The van der Waals surface area contributed by atoms with Crippen LogP contribution in [0.4, 0.5) is 0 Å². The van der Waals surface area contributed by atoms with Crippen LogP contribution in [-0.2, 0) is 0 Å². The highest BCUT2D eigenvalue weighted by Crippen LogP contribution is 2.32. The van der Waals surface area contributed by atoms with E-state index in [0.717, 1.165) is 5.52 Å². The van der Waals surface area contributed by atoms with Crippen molar-refractivity contribution in [2.45, 2.75) is 19.8 Å². The van der Waals surface area contributed by atoms with Crippen LogP contribution in [0.25, 0.3) is 22.0 Å². The summed E-state index contributed by atoms with van der Waals surface area (Å²) < 4.78 is 0. The molecule has 3 rings (SSSR count). The van der Waals surface area contributed by atoms with E-state index in [0.29, 0.717) is 5.92 Å². The molecule has 0 fully saturated rings. The monoisotopic (exact) mass is 248 g/mol. The van der Waals surface area contributed by atoms with Crippen LogP contribution in [0, 0.1) is 0 Å². The number of nitrogens with zero attached hydrogens (tertiary/aromatic N) is 2. The Morgan fingerprint density at radius 2 is 1.74 bits per heavy atom. The Balaban J connectivity index is 2.31. The highest BCUT2D eigenvalue weighted by atomic mass is 14.7. The van der Waals surface area contributed by atoms with Crippen LogP contribution < -0.4 is 0 Å². The van der Waals surface area contributed by atoms with Crippen molar-refractivity contribution in [2.24, 2.45) is 0 Å². The van der Waals surface area contributed by atoms with Gasteiger partial charge in [-0.2, -0.15) is 0 Å². The molecule has 19 heavy (non-hydrogen) atoms. The molecular formula is C17H16N2. The van der Waals surface area contributed by atoms with Crippen molar-refractivity contribution in [3.05, 3.63) is 60.6 Å². The Bertz CT molecular complexity index is 712. The Hall–Kier alpha value is -2.22. The molecule has 0 saturated heterocycles. The minimum absolute atomic E-state index is 0.477. The van der Waals surface area contributed by atoms with Crippen molar-refractivity contribution in [2.75, 3.05) is 0 Å². The molecule has 94 valence electrons. The minimum atomic E-state index is 0.477. The SMILES string of the molecule is CC(C)c1ccncc1-c1ccnc2ccccc12. The quantitative estimate of drug-likeness (QED) is 0.671. The third-order valence-corrected chi connectivity index (χ3v) is 3.42.